The molecule has 0 N–H and O–H groups in total. The van der Waals surface area contributed by atoms with Crippen LogP contribution in [-0.2, 0) is 9.63 Å². The Morgan fingerprint density at radius 2 is 2.40 bits per heavy atom. The highest BCUT2D eigenvalue weighted by Crippen LogP contribution is 2.03. The van der Waals surface area contributed by atoms with Crippen LogP contribution in [0.5, 0.6) is 0 Å². The Labute approximate surface area is 63.5 Å². The van der Waals surface area contributed by atoms with Crippen LogP contribution < -0.4 is 0 Å². The molecule has 0 aliphatic heterocycles. The normalized spacial score (nSPS) is 8.60. The maximum atomic E-state index is 10.6. The highest BCUT2D eigenvalue weighted by molar-refractivity contribution is 8.13. The molecule has 0 atom stereocenters. The van der Waals surface area contributed by atoms with Gasteiger partial charge in [0.2, 0.25) is 6.41 Å². The van der Waals surface area contributed by atoms with E-state index < -0.39 is 5.30 Å². The summed E-state index contributed by atoms with van der Waals surface area (Å²) in [5.74, 6) is 0.644. The molecule has 5 heteroatoms. The number of rotatable bonds is 3. The minimum absolute atomic E-state index is 0.425. The summed E-state index contributed by atoms with van der Waals surface area (Å²) in [4.78, 5) is 24.9. The van der Waals surface area contributed by atoms with Crippen molar-refractivity contribution in [1.82, 2.24) is 5.06 Å². The molecule has 0 aromatic heterocycles. The van der Waals surface area contributed by atoms with Crippen LogP contribution in [0, 0.1) is 0 Å². The minimum Gasteiger partial charge on any atom is -0.328 e. The number of hydrogen-bond acceptors (Lipinski definition) is 4. The first-order valence-electron chi connectivity index (χ1n) is 2.73. The van der Waals surface area contributed by atoms with Gasteiger partial charge in [0.25, 0.3) is 0 Å². The molecule has 0 rings (SSSR count). The lowest BCUT2D eigenvalue weighted by Gasteiger charge is -2.07. The van der Waals surface area contributed by atoms with Gasteiger partial charge in [-0.3, -0.25) is 4.79 Å². The second-order valence-corrected chi connectivity index (χ2v) is 2.63. The maximum absolute atomic E-state index is 10.6. The SMILES string of the molecule is CCSC(=O)ON(C)C=O. The molecule has 0 radical (unpaired) electrons. The van der Waals surface area contributed by atoms with Crippen molar-refractivity contribution in [3.8, 4) is 0 Å². The van der Waals surface area contributed by atoms with Crippen molar-refractivity contribution in [2.75, 3.05) is 12.8 Å². The zero-order chi connectivity index (χ0) is 7.98. The number of hydrogen-bond donors (Lipinski definition) is 0. The van der Waals surface area contributed by atoms with Crippen molar-refractivity contribution in [1.29, 1.82) is 0 Å². The molecular weight excluding hydrogens is 154 g/mol. The number of carbonyl (C=O) groups is 2. The second-order valence-electron chi connectivity index (χ2n) is 1.43. The van der Waals surface area contributed by atoms with Crippen molar-refractivity contribution < 1.29 is 14.4 Å². The van der Waals surface area contributed by atoms with Gasteiger partial charge in [0.1, 0.15) is 0 Å². The summed E-state index contributed by atoms with van der Waals surface area (Å²) in [5.41, 5.74) is 0. The highest BCUT2D eigenvalue weighted by atomic mass is 32.2. The van der Waals surface area contributed by atoms with Crippen molar-refractivity contribution >= 4 is 23.5 Å². The third-order valence-corrected chi connectivity index (χ3v) is 1.23. The number of carbonyl (C=O) groups excluding carboxylic acids is 2. The van der Waals surface area contributed by atoms with E-state index in [1.54, 1.807) is 0 Å². The molecular formula is C5H9NO3S. The first kappa shape index (κ1) is 9.29. The van der Waals surface area contributed by atoms with E-state index in [1.165, 1.54) is 7.05 Å². The van der Waals surface area contributed by atoms with Gasteiger partial charge in [-0.15, -0.1) is 0 Å². The van der Waals surface area contributed by atoms with Gasteiger partial charge in [-0.25, -0.2) is 4.79 Å². The minimum atomic E-state index is -0.461. The van der Waals surface area contributed by atoms with Gasteiger partial charge >= 0.3 is 5.30 Å². The Bertz CT molecular complexity index is 128. The summed E-state index contributed by atoms with van der Waals surface area (Å²) in [6.07, 6.45) is 0.425. The average molecular weight is 163 g/mol. The Morgan fingerprint density at radius 3 is 2.80 bits per heavy atom. The lowest BCUT2D eigenvalue weighted by molar-refractivity contribution is -0.142. The van der Waals surface area contributed by atoms with Crippen molar-refractivity contribution in [3.05, 3.63) is 0 Å². The van der Waals surface area contributed by atoms with Crippen LogP contribution >= 0.6 is 11.8 Å². The predicted molar refractivity (Wildman–Crippen MR) is 38.4 cm³/mol. The quantitative estimate of drug-likeness (QED) is 0.457. The molecule has 0 heterocycles. The van der Waals surface area contributed by atoms with Gasteiger partial charge < -0.3 is 4.84 Å². The zero-order valence-corrected chi connectivity index (χ0v) is 6.68. The largest absolute Gasteiger partial charge is 0.391 e. The van der Waals surface area contributed by atoms with Crippen LogP contribution in [0.3, 0.4) is 0 Å². The molecule has 0 aromatic rings. The van der Waals surface area contributed by atoms with E-state index in [1.807, 2.05) is 6.92 Å². The summed E-state index contributed by atoms with van der Waals surface area (Å²) >= 11 is 1.01. The van der Waals surface area contributed by atoms with Crippen molar-refractivity contribution in [2.24, 2.45) is 0 Å². The fourth-order valence-electron chi connectivity index (χ4n) is 0.283. The number of hydroxylamine groups is 2. The molecule has 10 heavy (non-hydrogen) atoms. The Balaban J connectivity index is 3.46. The van der Waals surface area contributed by atoms with Crippen LogP contribution in [0.25, 0.3) is 0 Å². The maximum Gasteiger partial charge on any atom is 0.391 e. The van der Waals surface area contributed by atoms with Crippen LogP contribution in [0.4, 0.5) is 4.79 Å². The Hall–Kier alpha value is -0.710. The third-order valence-electron chi connectivity index (χ3n) is 0.629. The summed E-state index contributed by atoms with van der Waals surface area (Å²) in [6, 6.07) is 0. The van der Waals surface area contributed by atoms with E-state index in [9.17, 15) is 9.59 Å². The summed E-state index contributed by atoms with van der Waals surface area (Å²) in [7, 11) is 1.36. The predicted octanol–water partition coefficient (Wildman–Crippen LogP) is 0.879. The Kier molecular flexibility index (Phi) is 4.74. The van der Waals surface area contributed by atoms with E-state index in [0.29, 0.717) is 12.2 Å². The van der Waals surface area contributed by atoms with Crippen LogP contribution in [0.1, 0.15) is 6.92 Å². The van der Waals surface area contributed by atoms with Gasteiger partial charge in [-0.05, 0) is 11.8 Å². The van der Waals surface area contributed by atoms with Crippen LogP contribution in [-0.4, -0.2) is 29.6 Å². The molecule has 0 aliphatic carbocycles. The average Bonchev–Trinajstić information content (AvgIpc) is 1.88. The van der Waals surface area contributed by atoms with E-state index >= 15 is 0 Å². The first-order valence-corrected chi connectivity index (χ1v) is 3.72. The van der Waals surface area contributed by atoms with Gasteiger partial charge in [0, 0.05) is 12.8 Å². The summed E-state index contributed by atoms with van der Waals surface area (Å²) in [5, 5.41) is 0.363. The van der Waals surface area contributed by atoms with Crippen LogP contribution in [0.2, 0.25) is 0 Å². The molecule has 0 saturated heterocycles. The van der Waals surface area contributed by atoms with Crippen LogP contribution in [0.15, 0.2) is 0 Å². The lowest BCUT2D eigenvalue weighted by Crippen LogP contribution is -2.18. The second kappa shape index (κ2) is 5.10. The molecule has 4 nitrogen and oxygen atoms in total. The van der Waals surface area contributed by atoms with Gasteiger partial charge in [-0.1, -0.05) is 6.92 Å². The van der Waals surface area contributed by atoms with Gasteiger partial charge in [-0.2, -0.15) is 5.06 Å². The van der Waals surface area contributed by atoms with Gasteiger partial charge in [0.15, 0.2) is 0 Å². The van der Waals surface area contributed by atoms with E-state index in [-0.39, 0.29) is 0 Å². The molecule has 0 unspecified atom stereocenters. The smallest absolute Gasteiger partial charge is 0.328 e. The molecule has 58 valence electrons. The number of thioether (sulfide) groups is 1. The fourth-order valence-corrected chi connectivity index (χ4v) is 0.689. The third kappa shape index (κ3) is 4.20. The molecule has 0 aromatic carbocycles. The molecule has 1 amide bonds. The van der Waals surface area contributed by atoms with Crippen molar-refractivity contribution in [2.45, 2.75) is 6.92 Å². The van der Waals surface area contributed by atoms with E-state index in [0.717, 1.165) is 16.8 Å². The standard InChI is InChI=1S/C5H9NO3S/c1-3-10-5(8)9-6(2)4-7/h4H,3H2,1-2H3. The topological polar surface area (TPSA) is 46.6 Å². The molecule has 0 aliphatic rings. The summed E-state index contributed by atoms with van der Waals surface area (Å²) in [6.45, 7) is 1.83. The fraction of sp³-hybridized carbons (Fsp3) is 0.600. The van der Waals surface area contributed by atoms with E-state index in [2.05, 4.69) is 4.84 Å². The molecule has 0 fully saturated rings. The number of amides is 1. The van der Waals surface area contributed by atoms with Crippen molar-refractivity contribution in [3.63, 3.8) is 0 Å². The highest BCUT2D eigenvalue weighted by Gasteiger charge is 2.03. The first-order chi connectivity index (χ1) is 4.70. The van der Waals surface area contributed by atoms with E-state index in [4.69, 9.17) is 0 Å². The molecule has 0 saturated carbocycles. The molecule has 0 spiro atoms. The zero-order valence-electron chi connectivity index (χ0n) is 5.86. The Morgan fingerprint density at radius 1 is 1.80 bits per heavy atom. The van der Waals surface area contributed by atoms with Gasteiger partial charge in [0.05, 0.1) is 0 Å². The monoisotopic (exact) mass is 163 g/mol. The molecule has 0 bridgehead atoms. The number of nitrogens with zero attached hydrogens (tertiary/aromatic N) is 1. The summed E-state index contributed by atoms with van der Waals surface area (Å²) < 4.78 is 0. The lowest BCUT2D eigenvalue weighted by atomic mass is 11.0.